The highest BCUT2D eigenvalue weighted by Gasteiger charge is 2.11. The van der Waals surface area contributed by atoms with E-state index in [1.807, 2.05) is 26.0 Å². The Labute approximate surface area is 136 Å². The number of benzene rings is 2. The molecule has 0 aliphatic carbocycles. The molecule has 0 unspecified atom stereocenters. The van der Waals surface area contributed by atoms with Crippen LogP contribution in [-0.4, -0.2) is 0 Å². The first-order valence-corrected chi connectivity index (χ1v) is 8.05. The number of hydrogen-bond acceptors (Lipinski definition) is 3. The predicted molar refractivity (Wildman–Crippen MR) is 87.9 cm³/mol. The smallest absolute Gasteiger partial charge is 0.336 e. The van der Waals surface area contributed by atoms with Crippen LogP contribution in [0, 0.1) is 25.5 Å². The molecular weight excluding hydrogens is 318 g/mol. The van der Waals surface area contributed by atoms with Crippen LogP contribution in [-0.2, 0) is 5.75 Å². The summed E-state index contributed by atoms with van der Waals surface area (Å²) in [5.74, 6) is -0.612. The van der Waals surface area contributed by atoms with Crippen molar-refractivity contribution in [3.63, 3.8) is 0 Å². The SMILES string of the molecule is Cc1ccc2c(CSc3cc(F)ccc3F)cc(=O)oc2c1C. The molecular formula is C18H14F2O2S. The molecule has 0 amide bonds. The van der Waals surface area contributed by atoms with Crippen LogP contribution in [0.25, 0.3) is 11.0 Å². The number of halogens is 2. The minimum absolute atomic E-state index is 0.218. The van der Waals surface area contributed by atoms with Gasteiger partial charge in [0.1, 0.15) is 17.2 Å². The van der Waals surface area contributed by atoms with Crippen LogP contribution >= 0.6 is 11.8 Å². The van der Waals surface area contributed by atoms with Crippen LogP contribution in [0.1, 0.15) is 16.7 Å². The molecule has 0 atom stereocenters. The van der Waals surface area contributed by atoms with E-state index in [0.29, 0.717) is 11.3 Å². The van der Waals surface area contributed by atoms with Crippen LogP contribution in [0.15, 0.2) is 50.5 Å². The van der Waals surface area contributed by atoms with Gasteiger partial charge in [0.15, 0.2) is 0 Å². The second-order valence-corrected chi connectivity index (χ2v) is 6.36. The van der Waals surface area contributed by atoms with E-state index in [-0.39, 0.29) is 4.90 Å². The minimum atomic E-state index is -0.488. The molecule has 3 aromatic rings. The molecule has 0 saturated carbocycles. The maximum Gasteiger partial charge on any atom is 0.336 e. The van der Waals surface area contributed by atoms with Gasteiger partial charge in [-0.15, -0.1) is 11.8 Å². The zero-order valence-corrected chi connectivity index (χ0v) is 13.5. The summed E-state index contributed by atoms with van der Waals surface area (Å²) in [5, 5.41) is 0.817. The van der Waals surface area contributed by atoms with Crippen molar-refractivity contribution < 1.29 is 13.2 Å². The predicted octanol–water partition coefficient (Wildman–Crippen LogP) is 4.98. The van der Waals surface area contributed by atoms with Gasteiger partial charge >= 0.3 is 5.63 Å². The van der Waals surface area contributed by atoms with Crippen molar-refractivity contribution in [3.8, 4) is 0 Å². The third kappa shape index (κ3) is 3.15. The number of thioether (sulfide) groups is 1. The average molecular weight is 332 g/mol. The second kappa shape index (κ2) is 6.16. The van der Waals surface area contributed by atoms with Crippen LogP contribution in [0.2, 0.25) is 0 Å². The Morgan fingerprint density at radius 1 is 1.09 bits per heavy atom. The van der Waals surface area contributed by atoms with Crippen LogP contribution in [0.4, 0.5) is 8.78 Å². The number of aryl methyl sites for hydroxylation is 2. The first-order chi connectivity index (χ1) is 11.0. The third-order valence-corrected chi connectivity index (χ3v) is 4.87. The lowest BCUT2D eigenvalue weighted by Crippen LogP contribution is -2.01. The van der Waals surface area contributed by atoms with E-state index in [4.69, 9.17) is 4.42 Å². The fourth-order valence-electron chi connectivity index (χ4n) is 2.39. The molecule has 3 rings (SSSR count). The monoisotopic (exact) mass is 332 g/mol. The highest BCUT2D eigenvalue weighted by molar-refractivity contribution is 7.98. The van der Waals surface area contributed by atoms with Crippen LogP contribution in [0.3, 0.4) is 0 Å². The van der Waals surface area contributed by atoms with Crippen molar-refractivity contribution in [1.29, 1.82) is 0 Å². The first-order valence-electron chi connectivity index (χ1n) is 7.06. The van der Waals surface area contributed by atoms with E-state index >= 15 is 0 Å². The molecule has 0 radical (unpaired) electrons. The number of rotatable bonds is 3. The molecule has 0 spiro atoms. The van der Waals surface area contributed by atoms with E-state index in [0.717, 1.165) is 52.0 Å². The Morgan fingerprint density at radius 2 is 1.87 bits per heavy atom. The molecule has 0 aliphatic rings. The third-order valence-electron chi connectivity index (χ3n) is 3.79. The summed E-state index contributed by atoms with van der Waals surface area (Å²) >= 11 is 1.15. The molecule has 23 heavy (non-hydrogen) atoms. The van der Waals surface area contributed by atoms with Crippen molar-refractivity contribution in [3.05, 3.63) is 75.1 Å². The summed E-state index contributed by atoms with van der Waals surface area (Å²) in [7, 11) is 0. The van der Waals surface area contributed by atoms with Crippen molar-refractivity contribution in [2.45, 2.75) is 24.5 Å². The quantitative estimate of drug-likeness (QED) is 0.500. The lowest BCUT2D eigenvalue weighted by atomic mass is 10.0. The molecule has 0 aliphatic heterocycles. The minimum Gasteiger partial charge on any atom is -0.422 e. The molecule has 1 heterocycles. The van der Waals surface area contributed by atoms with Crippen molar-refractivity contribution in [2.75, 3.05) is 0 Å². The highest BCUT2D eigenvalue weighted by Crippen LogP contribution is 2.30. The molecule has 118 valence electrons. The van der Waals surface area contributed by atoms with E-state index < -0.39 is 17.3 Å². The maximum atomic E-state index is 13.7. The van der Waals surface area contributed by atoms with Crippen LogP contribution in [0.5, 0.6) is 0 Å². The first kappa shape index (κ1) is 15.7. The van der Waals surface area contributed by atoms with E-state index in [9.17, 15) is 13.6 Å². The Bertz CT molecular complexity index is 948. The van der Waals surface area contributed by atoms with Gasteiger partial charge in [0.05, 0.1) is 0 Å². The zero-order valence-electron chi connectivity index (χ0n) is 12.7. The second-order valence-electron chi connectivity index (χ2n) is 5.34. The molecule has 2 nitrogen and oxygen atoms in total. The maximum absolute atomic E-state index is 13.7. The van der Waals surface area contributed by atoms with Crippen molar-refractivity contribution in [1.82, 2.24) is 0 Å². The standard InChI is InChI=1S/C18H14F2O2S/c1-10-3-5-14-12(7-17(21)22-18(14)11(10)2)9-23-16-8-13(19)4-6-15(16)20/h3-8H,9H2,1-2H3. The van der Waals surface area contributed by atoms with Gasteiger partial charge < -0.3 is 4.42 Å². The van der Waals surface area contributed by atoms with Gasteiger partial charge in [-0.25, -0.2) is 13.6 Å². The Morgan fingerprint density at radius 3 is 2.65 bits per heavy atom. The lowest BCUT2D eigenvalue weighted by Gasteiger charge is -2.09. The Hall–Kier alpha value is -2.14. The molecule has 0 N–H and O–H groups in total. The summed E-state index contributed by atoms with van der Waals surface area (Å²) in [4.78, 5) is 12.0. The zero-order chi connectivity index (χ0) is 16.6. The summed E-state index contributed by atoms with van der Waals surface area (Å²) in [5.41, 5.74) is 2.78. The fourth-order valence-corrected chi connectivity index (χ4v) is 3.34. The molecule has 5 heteroatoms. The molecule has 0 bridgehead atoms. The normalized spacial score (nSPS) is 11.1. The molecule has 0 fully saturated rings. The van der Waals surface area contributed by atoms with E-state index in [1.54, 1.807) is 0 Å². The summed E-state index contributed by atoms with van der Waals surface area (Å²) in [6.45, 7) is 3.84. The van der Waals surface area contributed by atoms with Crippen molar-refractivity contribution >= 4 is 22.7 Å². The van der Waals surface area contributed by atoms with E-state index in [1.165, 1.54) is 6.07 Å². The van der Waals surface area contributed by atoms with E-state index in [2.05, 4.69) is 0 Å². The van der Waals surface area contributed by atoms with Gasteiger partial charge in [0, 0.05) is 22.1 Å². The van der Waals surface area contributed by atoms with Gasteiger partial charge in [0.25, 0.3) is 0 Å². The highest BCUT2D eigenvalue weighted by atomic mass is 32.2. The number of fused-ring (bicyclic) bond motifs is 1. The van der Waals surface area contributed by atoms with Gasteiger partial charge in [0.2, 0.25) is 0 Å². The Balaban J connectivity index is 2.02. The molecule has 2 aromatic carbocycles. The topological polar surface area (TPSA) is 30.2 Å². The van der Waals surface area contributed by atoms with Gasteiger partial charge in [-0.05, 0) is 48.7 Å². The molecule has 1 aromatic heterocycles. The number of hydrogen-bond donors (Lipinski definition) is 0. The van der Waals surface area contributed by atoms with Gasteiger partial charge in [-0.2, -0.15) is 0 Å². The average Bonchev–Trinajstić information content (AvgIpc) is 2.52. The summed E-state index contributed by atoms with van der Waals surface area (Å²) in [6.07, 6.45) is 0. The van der Waals surface area contributed by atoms with Gasteiger partial charge in [-0.3, -0.25) is 0 Å². The van der Waals surface area contributed by atoms with Gasteiger partial charge in [-0.1, -0.05) is 12.1 Å². The fraction of sp³-hybridized carbons (Fsp3) is 0.167. The Kier molecular flexibility index (Phi) is 4.22. The van der Waals surface area contributed by atoms with Crippen LogP contribution < -0.4 is 5.63 Å². The van der Waals surface area contributed by atoms with Crippen molar-refractivity contribution in [2.24, 2.45) is 0 Å². The summed E-state index contributed by atoms with van der Waals surface area (Å²) < 4.78 is 32.3. The largest absolute Gasteiger partial charge is 0.422 e. The molecule has 0 saturated heterocycles. The summed E-state index contributed by atoms with van der Waals surface area (Å²) in [6, 6.07) is 8.58. The lowest BCUT2D eigenvalue weighted by molar-refractivity contribution is 0.557.